The van der Waals surface area contributed by atoms with E-state index in [2.05, 4.69) is 16.0 Å². The lowest BCUT2D eigenvalue weighted by Gasteiger charge is -2.26. The van der Waals surface area contributed by atoms with E-state index in [1.54, 1.807) is 0 Å². The second kappa shape index (κ2) is 7.25. The first-order valence-electron chi connectivity index (χ1n) is 4.76. The van der Waals surface area contributed by atoms with Crippen molar-refractivity contribution in [3.63, 3.8) is 0 Å². The first-order valence-corrected chi connectivity index (χ1v) is 4.76. The molecule has 0 aliphatic carbocycles. The summed E-state index contributed by atoms with van der Waals surface area (Å²) >= 11 is 0. The maximum Gasteiger partial charge on any atom is 0.407 e. The van der Waals surface area contributed by atoms with E-state index < -0.39 is 6.09 Å². The predicted octanol–water partition coefficient (Wildman–Crippen LogP) is 2.42. The number of terminal acetylenes is 1. The molecular formula is C11H21NO2. The second-order valence-electron chi connectivity index (χ2n) is 3.22. The summed E-state index contributed by atoms with van der Waals surface area (Å²) in [5.74, 6) is 2.60. The zero-order valence-electron chi connectivity index (χ0n) is 9.97. The van der Waals surface area contributed by atoms with Crippen molar-refractivity contribution in [2.75, 3.05) is 7.11 Å². The molecule has 0 fully saturated rings. The Bertz CT molecular complexity index is 204. The van der Waals surface area contributed by atoms with E-state index in [0.29, 0.717) is 0 Å². The highest BCUT2D eigenvalue weighted by molar-refractivity contribution is 5.67. The molecular weight excluding hydrogens is 178 g/mol. The smallest absolute Gasteiger partial charge is 0.407 e. The maximum atomic E-state index is 10.8. The van der Waals surface area contributed by atoms with Crippen LogP contribution in [0.5, 0.6) is 0 Å². The fourth-order valence-electron chi connectivity index (χ4n) is 0.541. The minimum atomic E-state index is -0.453. The number of carbonyl (C=O) groups excluding carboxylic acids is 1. The number of rotatable bonds is 2. The average molecular weight is 199 g/mol. The molecule has 3 nitrogen and oxygen atoms in total. The molecule has 1 unspecified atom stereocenters. The van der Waals surface area contributed by atoms with Gasteiger partial charge in [0.2, 0.25) is 0 Å². The van der Waals surface area contributed by atoms with Gasteiger partial charge in [-0.05, 0) is 20.8 Å². The number of amides is 1. The molecule has 1 atom stereocenters. The van der Waals surface area contributed by atoms with Crippen LogP contribution in [0.3, 0.4) is 0 Å². The molecule has 0 spiro atoms. The Morgan fingerprint density at radius 1 is 1.50 bits per heavy atom. The Kier molecular flexibility index (Phi) is 7.93. The lowest BCUT2D eigenvalue weighted by molar-refractivity contribution is 0.160. The normalized spacial score (nSPS) is 11.5. The Labute approximate surface area is 87.2 Å². The third-order valence-electron chi connectivity index (χ3n) is 1.97. The maximum absolute atomic E-state index is 10.8. The van der Waals surface area contributed by atoms with E-state index >= 15 is 0 Å². The van der Waals surface area contributed by atoms with E-state index in [1.165, 1.54) is 7.11 Å². The van der Waals surface area contributed by atoms with Crippen LogP contribution in [-0.4, -0.2) is 19.2 Å². The lowest BCUT2D eigenvalue weighted by atomic mass is 9.87. The van der Waals surface area contributed by atoms with Gasteiger partial charge in [-0.2, -0.15) is 0 Å². The molecule has 0 radical (unpaired) electrons. The first kappa shape index (κ1) is 15.3. The van der Waals surface area contributed by atoms with E-state index in [4.69, 9.17) is 6.42 Å². The molecule has 82 valence electrons. The molecule has 0 aliphatic rings. The topological polar surface area (TPSA) is 38.3 Å². The summed E-state index contributed by atoms with van der Waals surface area (Å²) in [5, 5.41) is 2.62. The van der Waals surface area contributed by atoms with Crippen LogP contribution in [0, 0.1) is 17.8 Å². The van der Waals surface area contributed by atoms with Gasteiger partial charge in [0.05, 0.1) is 7.11 Å². The molecule has 0 bridgehead atoms. The van der Waals surface area contributed by atoms with E-state index in [1.807, 2.05) is 34.6 Å². The quantitative estimate of drug-likeness (QED) is 0.694. The van der Waals surface area contributed by atoms with Crippen LogP contribution in [-0.2, 0) is 4.74 Å². The van der Waals surface area contributed by atoms with Gasteiger partial charge in [-0.1, -0.05) is 19.8 Å². The van der Waals surface area contributed by atoms with Crippen LogP contribution in [0.4, 0.5) is 4.79 Å². The van der Waals surface area contributed by atoms with E-state index in [0.717, 1.165) is 0 Å². The van der Waals surface area contributed by atoms with Crippen LogP contribution < -0.4 is 5.32 Å². The standard InChI is InChI=1S/C9H15NO2.C2H6/c1-6-9(3,4)7(2)10-8(11)12-5;1-2/h1,7H,2-5H3,(H,10,11);1-2H3. The minimum Gasteiger partial charge on any atom is -0.453 e. The number of ether oxygens (including phenoxy) is 1. The van der Waals surface area contributed by atoms with Gasteiger partial charge in [0.1, 0.15) is 0 Å². The van der Waals surface area contributed by atoms with Gasteiger partial charge in [-0.25, -0.2) is 4.79 Å². The van der Waals surface area contributed by atoms with Crippen molar-refractivity contribution in [3.8, 4) is 12.3 Å². The number of carbonyl (C=O) groups is 1. The van der Waals surface area contributed by atoms with Crippen LogP contribution in [0.1, 0.15) is 34.6 Å². The van der Waals surface area contributed by atoms with Crippen molar-refractivity contribution in [2.45, 2.75) is 40.7 Å². The highest BCUT2D eigenvalue weighted by atomic mass is 16.5. The highest BCUT2D eigenvalue weighted by Crippen LogP contribution is 2.18. The number of nitrogens with one attached hydrogen (secondary N) is 1. The third kappa shape index (κ3) is 5.47. The lowest BCUT2D eigenvalue weighted by Crippen LogP contribution is -2.42. The summed E-state index contributed by atoms with van der Waals surface area (Å²) in [6, 6.07) is -0.102. The van der Waals surface area contributed by atoms with Crippen LogP contribution in [0.25, 0.3) is 0 Å². The fourth-order valence-corrected chi connectivity index (χ4v) is 0.541. The van der Waals surface area contributed by atoms with Gasteiger partial charge in [-0.3, -0.25) is 0 Å². The van der Waals surface area contributed by atoms with Gasteiger partial charge in [0.15, 0.2) is 0 Å². The Morgan fingerprint density at radius 3 is 2.21 bits per heavy atom. The zero-order chi connectivity index (χ0) is 11.8. The molecule has 0 rings (SSSR count). The molecule has 1 N–H and O–H groups in total. The Hall–Kier alpha value is -1.17. The van der Waals surface area contributed by atoms with Crippen LogP contribution in [0.2, 0.25) is 0 Å². The summed E-state index contributed by atoms with van der Waals surface area (Å²) in [5.41, 5.74) is -0.353. The van der Waals surface area contributed by atoms with Gasteiger partial charge in [0.25, 0.3) is 0 Å². The highest BCUT2D eigenvalue weighted by Gasteiger charge is 2.24. The minimum absolute atomic E-state index is 0.102. The SMILES string of the molecule is C#CC(C)(C)C(C)NC(=O)OC.CC. The Balaban J connectivity index is 0. The number of hydrogen-bond donors (Lipinski definition) is 1. The van der Waals surface area contributed by atoms with Crippen molar-refractivity contribution in [2.24, 2.45) is 5.41 Å². The molecule has 0 heterocycles. The molecule has 1 amide bonds. The first-order chi connectivity index (χ1) is 6.44. The fraction of sp³-hybridized carbons (Fsp3) is 0.727. The van der Waals surface area contributed by atoms with E-state index in [9.17, 15) is 4.79 Å². The Morgan fingerprint density at radius 2 is 1.93 bits per heavy atom. The largest absolute Gasteiger partial charge is 0.453 e. The van der Waals surface area contributed by atoms with Crippen molar-refractivity contribution in [1.29, 1.82) is 0 Å². The monoisotopic (exact) mass is 199 g/mol. The summed E-state index contributed by atoms with van der Waals surface area (Å²) in [6.45, 7) is 9.61. The molecule has 0 saturated heterocycles. The van der Waals surface area contributed by atoms with Crippen molar-refractivity contribution < 1.29 is 9.53 Å². The van der Waals surface area contributed by atoms with Crippen molar-refractivity contribution >= 4 is 6.09 Å². The zero-order valence-corrected chi connectivity index (χ0v) is 9.97. The number of alkyl carbamates (subject to hydrolysis) is 1. The molecule has 0 aromatic heterocycles. The third-order valence-corrected chi connectivity index (χ3v) is 1.97. The van der Waals surface area contributed by atoms with Gasteiger partial charge < -0.3 is 10.1 Å². The van der Waals surface area contributed by atoms with Gasteiger partial charge in [0, 0.05) is 11.5 Å². The molecule has 0 aliphatic heterocycles. The van der Waals surface area contributed by atoms with Gasteiger partial charge in [-0.15, -0.1) is 6.42 Å². The van der Waals surface area contributed by atoms with E-state index in [-0.39, 0.29) is 11.5 Å². The molecule has 0 saturated carbocycles. The molecule has 0 aromatic rings. The predicted molar refractivity (Wildman–Crippen MR) is 59.0 cm³/mol. The summed E-state index contributed by atoms with van der Waals surface area (Å²) < 4.78 is 4.44. The molecule has 0 aromatic carbocycles. The molecule has 14 heavy (non-hydrogen) atoms. The van der Waals surface area contributed by atoms with Crippen LogP contribution in [0.15, 0.2) is 0 Å². The average Bonchev–Trinajstić information content (AvgIpc) is 2.20. The summed E-state index contributed by atoms with van der Waals surface area (Å²) in [6.07, 6.45) is 4.83. The van der Waals surface area contributed by atoms with Crippen molar-refractivity contribution in [3.05, 3.63) is 0 Å². The van der Waals surface area contributed by atoms with Crippen molar-refractivity contribution in [1.82, 2.24) is 5.32 Å². The van der Waals surface area contributed by atoms with Crippen LogP contribution >= 0.6 is 0 Å². The number of methoxy groups -OCH3 is 1. The molecule has 3 heteroatoms. The summed E-state index contributed by atoms with van der Waals surface area (Å²) in [4.78, 5) is 10.8. The second-order valence-corrected chi connectivity index (χ2v) is 3.22. The number of hydrogen-bond acceptors (Lipinski definition) is 2. The van der Waals surface area contributed by atoms with Gasteiger partial charge >= 0.3 is 6.09 Å². The summed E-state index contributed by atoms with van der Waals surface area (Å²) in [7, 11) is 1.32.